The minimum Gasteiger partial charge on any atom is -0.463 e. The molecule has 0 saturated heterocycles. The van der Waals surface area contributed by atoms with Crippen LogP contribution in [0.4, 0.5) is 0 Å². The van der Waals surface area contributed by atoms with E-state index in [1.165, 1.54) is 0 Å². The van der Waals surface area contributed by atoms with Crippen LogP contribution in [0.15, 0.2) is 47.1 Å². The molecule has 2 aromatic heterocycles. The zero-order chi connectivity index (χ0) is 13.2. The molecule has 92 valence electrons. The Kier molecular flexibility index (Phi) is 2.62. The quantitative estimate of drug-likeness (QED) is 0.701. The van der Waals surface area contributed by atoms with Gasteiger partial charge in [0.05, 0.1) is 12.0 Å². The lowest BCUT2D eigenvalue weighted by molar-refractivity contribution is 0.576. The summed E-state index contributed by atoms with van der Waals surface area (Å²) in [6, 6.07) is 13.4. The number of hydrogen-bond donors (Lipinski definition) is 0. The average molecular weight is 250 g/mol. The van der Waals surface area contributed by atoms with E-state index in [1.54, 1.807) is 23.1 Å². The van der Waals surface area contributed by atoms with Crippen molar-refractivity contribution in [3.8, 4) is 23.2 Å². The van der Waals surface area contributed by atoms with Crippen LogP contribution in [0.1, 0.15) is 11.3 Å². The summed E-state index contributed by atoms with van der Waals surface area (Å²) in [7, 11) is 0. The molecule has 0 bridgehead atoms. The molecule has 0 atom stereocenters. The first-order valence-corrected chi connectivity index (χ1v) is 5.76. The Labute approximate surface area is 109 Å². The van der Waals surface area contributed by atoms with Gasteiger partial charge in [-0.15, -0.1) is 5.10 Å². The van der Waals surface area contributed by atoms with Gasteiger partial charge < -0.3 is 4.42 Å². The molecule has 0 unspecified atom stereocenters. The molecule has 0 aliphatic heterocycles. The number of benzene rings is 1. The van der Waals surface area contributed by atoms with Gasteiger partial charge in [-0.2, -0.15) is 5.26 Å². The molecule has 0 aliphatic carbocycles. The predicted octanol–water partition coefficient (Wildman–Crippen LogP) is 2.71. The van der Waals surface area contributed by atoms with Crippen LogP contribution in [-0.2, 0) is 0 Å². The summed E-state index contributed by atoms with van der Waals surface area (Å²) in [4.78, 5) is 0. The van der Waals surface area contributed by atoms with E-state index in [1.807, 2.05) is 37.3 Å². The number of nitriles is 1. The maximum atomic E-state index is 9.11. The second-order valence-corrected chi connectivity index (χ2v) is 4.12. The molecule has 1 aromatic carbocycles. The van der Waals surface area contributed by atoms with Crippen LogP contribution >= 0.6 is 0 Å². The molecule has 0 saturated carbocycles. The maximum absolute atomic E-state index is 9.11. The molecule has 19 heavy (non-hydrogen) atoms. The highest BCUT2D eigenvalue weighted by Crippen LogP contribution is 2.25. The van der Waals surface area contributed by atoms with Gasteiger partial charge in [0.2, 0.25) is 0 Å². The highest BCUT2D eigenvalue weighted by molar-refractivity contribution is 5.62. The zero-order valence-electron chi connectivity index (χ0n) is 10.2. The average Bonchev–Trinajstić information content (AvgIpc) is 3.07. The van der Waals surface area contributed by atoms with Crippen molar-refractivity contribution in [1.82, 2.24) is 15.0 Å². The fourth-order valence-corrected chi connectivity index (χ4v) is 1.86. The van der Waals surface area contributed by atoms with Gasteiger partial charge in [0.1, 0.15) is 11.8 Å². The largest absolute Gasteiger partial charge is 0.463 e. The number of rotatable bonds is 2. The molecule has 3 aromatic rings. The number of nitrogens with zero attached hydrogens (tertiary/aromatic N) is 4. The standard InChI is InChI=1S/C14H10N4O/c1-10-4-6-11(7-5-10)18-14(12(9-15)16-17-18)13-3-2-8-19-13/h2-8H,1H3. The number of aromatic nitrogens is 3. The van der Waals surface area contributed by atoms with Gasteiger partial charge in [0.25, 0.3) is 0 Å². The summed E-state index contributed by atoms with van der Waals surface area (Å²) in [6.07, 6.45) is 1.56. The van der Waals surface area contributed by atoms with Crippen molar-refractivity contribution in [3.05, 3.63) is 53.9 Å². The van der Waals surface area contributed by atoms with E-state index in [2.05, 4.69) is 10.3 Å². The van der Waals surface area contributed by atoms with Crippen LogP contribution in [0.2, 0.25) is 0 Å². The van der Waals surface area contributed by atoms with E-state index in [4.69, 9.17) is 9.68 Å². The molecule has 0 amide bonds. The van der Waals surface area contributed by atoms with Crippen molar-refractivity contribution in [2.45, 2.75) is 6.92 Å². The van der Waals surface area contributed by atoms with Crippen LogP contribution in [0.3, 0.4) is 0 Å². The summed E-state index contributed by atoms with van der Waals surface area (Å²) in [5.74, 6) is 0.571. The van der Waals surface area contributed by atoms with Gasteiger partial charge in [0, 0.05) is 0 Å². The molecule has 0 radical (unpaired) electrons. The zero-order valence-corrected chi connectivity index (χ0v) is 10.2. The number of aryl methyl sites for hydroxylation is 1. The Morgan fingerprint density at radius 1 is 1.21 bits per heavy atom. The predicted molar refractivity (Wildman–Crippen MR) is 68.5 cm³/mol. The van der Waals surface area contributed by atoms with Crippen molar-refractivity contribution >= 4 is 0 Å². The molecular weight excluding hydrogens is 240 g/mol. The smallest absolute Gasteiger partial charge is 0.194 e. The van der Waals surface area contributed by atoms with Gasteiger partial charge in [-0.1, -0.05) is 22.9 Å². The van der Waals surface area contributed by atoms with E-state index in [0.29, 0.717) is 11.5 Å². The highest BCUT2D eigenvalue weighted by Gasteiger charge is 2.18. The second kappa shape index (κ2) is 4.42. The van der Waals surface area contributed by atoms with E-state index < -0.39 is 0 Å². The van der Waals surface area contributed by atoms with Crippen molar-refractivity contribution in [2.75, 3.05) is 0 Å². The monoisotopic (exact) mass is 250 g/mol. The van der Waals surface area contributed by atoms with E-state index in [-0.39, 0.29) is 5.69 Å². The first-order chi connectivity index (χ1) is 9.29. The molecule has 0 N–H and O–H groups in total. The molecule has 0 aliphatic rings. The van der Waals surface area contributed by atoms with Crippen molar-refractivity contribution < 1.29 is 4.42 Å². The summed E-state index contributed by atoms with van der Waals surface area (Å²) in [6.45, 7) is 2.01. The van der Waals surface area contributed by atoms with Crippen LogP contribution in [-0.4, -0.2) is 15.0 Å². The lowest BCUT2D eigenvalue weighted by Gasteiger charge is -2.04. The van der Waals surface area contributed by atoms with E-state index in [0.717, 1.165) is 11.3 Å². The summed E-state index contributed by atoms with van der Waals surface area (Å²) in [5.41, 5.74) is 2.81. The minimum absolute atomic E-state index is 0.246. The normalized spacial score (nSPS) is 10.3. The van der Waals surface area contributed by atoms with Crippen LogP contribution in [0, 0.1) is 18.3 Å². The molecule has 0 fully saturated rings. The van der Waals surface area contributed by atoms with Gasteiger partial charge in [0.15, 0.2) is 11.5 Å². The molecule has 0 spiro atoms. The fraction of sp³-hybridized carbons (Fsp3) is 0.0714. The molecule has 5 heteroatoms. The Balaban J connectivity index is 2.20. The van der Waals surface area contributed by atoms with E-state index >= 15 is 0 Å². The second-order valence-electron chi connectivity index (χ2n) is 4.12. The third-order valence-electron chi connectivity index (χ3n) is 2.81. The van der Waals surface area contributed by atoms with Crippen LogP contribution in [0.25, 0.3) is 17.1 Å². The van der Waals surface area contributed by atoms with Crippen molar-refractivity contribution in [2.24, 2.45) is 0 Å². The Morgan fingerprint density at radius 2 is 2.00 bits per heavy atom. The maximum Gasteiger partial charge on any atom is 0.194 e. The Morgan fingerprint density at radius 3 is 2.63 bits per heavy atom. The number of hydrogen-bond acceptors (Lipinski definition) is 4. The van der Waals surface area contributed by atoms with Gasteiger partial charge >= 0.3 is 0 Å². The minimum atomic E-state index is 0.246. The molecule has 5 nitrogen and oxygen atoms in total. The van der Waals surface area contributed by atoms with Crippen molar-refractivity contribution in [1.29, 1.82) is 5.26 Å². The summed E-state index contributed by atoms with van der Waals surface area (Å²) < 4.78 is 6.96. The number of furan rings is 1. The van der Waals surface area contributed by atoms with Crippen molar-refractivity contribution in [3.63, 3.8) is 0 Å². The topological polar surface area (TPSA) is 67.6 Å². The van der Waals surface area contributed by atoms with E-state index in [9.17, 15) is 0 Å². The molecule has 3 rings (SSSR count). The Hall–Kier alpha value is -2.87. The van der Waals surface area contributed by atoms with Gasteiger partial charge in [-0.3, -0.25) is 0 Å². The summed E-state index contributed by atoms with van der Waals surface area (Å²) in [5, 5.41) is 17.0. The lowest BCUT2D eigenvalue weighted by Crippen LogP contribution is -1.99. The molecule has 2 heterocycles. The molecular formula is C14H10N4O. The lowest BCUT2D eigenvalue weighted by atomic mass is 10.2. The summed E-state index contributed by atoms with van der Waals surface area (Å²) >= 11 is 0. The first-order valence-electron chi connectivity index (χ1n) is 5.76. The van der Waals surface area contributed by atoms with Gasteiger partial charge in [-0.25, -0.2) is 4.68 Å². The first kappa shape index (κ1) is 11.2. The van der Waals surface area contributed by atoms with Gasteiger partial charge in [-0.05, 0) is 31.2 Å². The highest BCUT2D eigenvalue weighted by atomic mass is 16.3. The van der Waals surface area contributed by atoms with Crippen LogP contribution < -0.4 is 0 Å². The van der Waals surface area contributed by atoms with Crippen LogP contribution in [0.5, 0.6) is 0 Å². The third-order valence-corrected chi connectivity index (χ3v) is 2.81. The SMILES string of the molecule is Cc1ccc(-n2nnc(C#N)c2-c2ccco2)cc1. The Bertz CT molecular complexity index is 733. The fourth-order valence-electron chi connectivity index (χ4n) is 1.86. The third kappa shape index (κ3) is 1.89.